The SMILES string of the molecule is CC(C)(c1ccc(C#CI)cc1)c1ccc(C#CI)cc1. The molecule has 0 unspecified atom stereocenters. The van der Waals surface area contributed by atoms with Gasteiger partial charge in [0.05, 0.1) is 0 Å². The van der Waals surface area contributed by atoms with Gasteiger partial charge >= 0.3 is 0 Å². The van der Waals surface area contributed by atoms with E-state index < -0.39 is 0 Å². The van der Waals surface area contributed by atoms with Gasteiger partial charge in [0.15, 0.2) is 0 Å². The van der Waals surface area contributed by atoms with Crippen LogP contribution in [-0.4, -0.2) is 0 Å². The zero-order valence-electron chi connectivity index (χ0n) is 11.9. The van der Waals surface area contributed by atoms with Crippen LogP contribution in [0.15, 0.2) is 48.5 Å². The van der Waals surface area contributed by atoms with E-state index in [4.69, 9.17) is 0 Å². The smallest absolute Gasteiger partial charge is 0.0253 e. The van der Waals surface area contributed by atoms with E-state index in [9.17, 15) is 0 Å². The molecule has 0 radical (unpaired) electrons. The van der Waals surface area contributed by atoms with Crippen LogP contribution in [0.3, 0.4) is 0 Å². The van der Waals surface area contributed by atoms with Gasteiger partial charge in [-0.05, 0) is 43.2 Å². The molecule has 0 atom stereocenters. The molecule has 0 amide bonds. The first kappa shape index (κ1) is 16.4. The van der Waals surface area contributed by atoms with Crippen molar-refractivity contribution in [2.24, 2.45) is 0 Å². The quantitative estimate of drug-likeness (QED) is 0.381. The third-order valence-electron chi connectivity index (χ3n) is 3.60. The minimum absolute atomic E-state index is 0.0352. The maximum Gasteiger partial charge on any atom is 0.0253 e. The lowest BCUT2D eigenvalue weighted by molar-refractivity contribution is 0.641. The van der Waals surface area contributed by atoms with Gasteiger partial charge in [-0.1, -0.05) is 50.0 Å². The molecule has 2 heteroatoms. The van der Waals surface area contributed by atoms with Gasteiger partial charge < -0.3 is 0 Å². The van der Waals surface area contributed by atoms with Gasteiger partial charge in [-0.25, -0.2) is 0 Å². The Kier molecular flexibility index (Phi) is 5.72. The standard InChI is InChI=1S/C19H14I2/c1-19(2,17-7-3-15(4-8-17)11-13-20)18-9-5-16(6-10-18)12-14-21/h3-10H,1-2H3. The van der Waals surface area contributed by atoms with Crippen molar-refractivity contribution < 1.29 is 0 Å². The highest BCUT2D eigenvalue weighted by Gasteiger charge is 2.22. The third kappa shape index (κ3) is 4.02. The van der Waals surface area contributed by atoms with Crippen LogP contribution in [0.5, 0.6) is 0 Å². The first-order valence-corrected chi connectivity index (χ1v) is 8.68. The average molecular weight is 496 g/mol. The van der Waals surface area contributed by atoms with E-state index >= 15 is 0 Å². The molecule has 0 aliphatic rings. The number of halogens is 2. The molecule has 0 saturated heterocycles. The van der Waals surface area contributed by atoms with Gasteiger partial charge in [-0.15, -0.1) is 0 Å². The van der Waals surface area contributed by atoms with Crippen molar-refractivity contribution in [2.75, 3.05) is 0 Å². The summed E-state index contributed by atoms with van der Waals surface area (Å²) >= 11 is 4.12. The molecule has 2 rings (SSSR count). The van der Waals surface area contributed by atoms with E-state index in [-0.39, 0.29) is 5.41 Å². The van der Waals surface area contributed by atoms with E-state index in [1.165, 1.54) is 11.1 Å². The highest BCUT2D eigenvalue weighted by Crippen LogP contribution is 2.31. The maximum absolute atomic E-state index is 3.07. The number of rotatable bonds is 2. The van der Waals surface area contributed by atoms with Crippen molar-refractivity contribution in [3.8, 4) is 19.7 Å². The molecule has 0 aliphatic carbocycles. The Bertz CT molecular complexity index is 665. The van der Waals surface area contributed by atoms with Gasteiger partial charge in [0, 0.05) is 61.7 Å². The molecule has 104 valence electrons. The Morgan fingerprint density at radius 3 is 1.29 bits per heavy atom. The molecule has 0 nitrogen and oxygen atoms in total. The Hall–Kier alpha value is -0.980. The number of benzene rings is 2. The second-order valence-corrected chi connectivity index (χ2v) is 6.30. The summed E-state index contributed by atoms with van der Waals surface area (Å²) in [5.74, 6) is 6.14. The third-order valence-corrected chi connectivity index (χ3v) is 4.14. The second-order valence-electron chi connectivity index (χ2n) is 5.22. The second kappa shape index (κ2) is 7.33. The molecule has 0 aliphatic heterocycles. The van der Waals surface area contributed by atoms with Crippen LogP contribution in [0.1, 0.15) is 36.1 Å². The fourth-order valence-electron chi connectivity index (χ4n) is 2.22. The summed E-state index contributed by atoms with van der Waals surface area (Å²) in [6, 6.07) is 17.0. The lowest BCUT2D eigenvalue weighted by Crippen LogP contribution is -2.18. The van der Waals surface area contributed by atoms with Crippen molar-refractivity contribution in [3.63, 3.8) is 0 Å². The number of hydrogen-bond donors (Lipinski definition) is 0. The lowest BCUT2D eigenvalue weighted by atomic mass is 9.78. The summed E-state index contributed by atoms with van der Waals surface area (Å²) in [7, 11) is 0. The Balaban J connectivity index is 2.34. The van der Waals surface area contributed by atoms with Crippen molar-refractivity contribution >= 4 is 45.2 Å². The molecule has 0 saturated carbocycles. The van der Waals surface area contributed by atoms with Crippen LogP contribution < -0.4 is 0 Å². The zero-order chi connectivity index (χ0) is 15.3. The lowest BCUT2D eigenvalue weighted by Gasteiger charge is -2.26. The molecule has 0 N–H and O–H groups in total. The van der Waals surface area contributed by atoms with Gasteiger partial charge in [0.1, 0.15) is 0 Å². The average Bonchev–Trinajstić information content (AvgIpc) is 2.49. The molecule has 0 fully saturated rings. The van der Waals surface area contributed by atoms with Gasteiger partial charge in [0.25, 0.3) is 0 Å². The number of hydrogen-bond acceptors (Lipinski definition) is 0. The molecular formula is C19H14I2. The van der Waals surface area contributed by atoms with Crippen LogP contribution in [-0.2, 0) is 5.41 Å². The van der Waals surface area contributed by atoms with E-state index in [2.05, 4.69) is 127 Å². The summed E-state index contributed by atoms with van der Waals surface area (Å²) in [5.41, 5.74) is 4.64. The summed E-state index contributed by atoms with van der Waals surface area (Å²) < 4.78 is 5.80. The van der Waals surface area contributed by atoms with E-state index in [0.717, 1.165) is 11.1 Å². The van der Waals surface area contributed by atoms with Gasteiger partial charge in [-0.2, -0.15) is 0 Å². The molecular weight excluding hydrogens is 482 g/mol. The van der Waals surface area contributed by atoms with Crippen molar-refractivity contribution in [2.45, 2.75) is 19.3 Å². The minimum Gasteiger partial charge on any atom is -0.0569 e. The molecule has 21 heavy (non-hydrogen) atoms. The van der Waals surface area contributed by atoms with Crippen molar-refractivity contribution in [1.29, 1.82) is 0 Å². The van der Waals surface area contributed by atoms with E-state index in [1.54, 1.807) is 0 Å². The van der Waals surface area contributed by atoms with Gasteiger partial charge in [-0.3, -0.25) is 0 Å². The maximum atomic E-state index is 3.07. The Morgan fingerprint density at radius 1 is 0.667 bits per heavy atom. The fourth-order valence-corrected chi connectivity index (χ4v) is 2.84. The summed E-state index contributed by atoms with van der Waals surface area (Å²) in [4.78, 5) is 0. The van der Waals surface area contributed by atoms with Gasteiger partial charge in [0.2, 0.25) is 0 Å². The predicted molar refractivity (Wildman–Crippen MR) is 107 cm³/mol. The highest BCUT2D eigenvalue weighted by atomic mass is 127. The van der Waals surface area contributed by atoms with Crippen molar-refractivity contribution in [1.82, 2.24) is 0 Å². The Labute approximate surface area is 154 Å². The van der Waals surface area contributed by atoms with Crippen LogP contribution in [0.25, 0.3) is 0 Å². The largest absolute Gasteiger partial charge is 0.0569 e. The first-order valence-electron chi connectivity index (χ1n) is 6.52. The molecule has 0 heterocycles. The van der Waals surface area contributed by atoms with Crippen LogP contribution in [0.4, 0.5) is 0 Å². The monoisotopic (exact) mass is 496 g/mol. The van der Waals surface area contributed by atoms with Crippen LogP contribution >= 0.6 is 45.2 Å². The molecule has 2 aromatic rings. The summed E-state index contributed by atoms with van der Waals surface area (Å²) in [5, 5.41) is 0. The van der Waals surface area contributed by atoms with E-state index in [0.29, 0.717) is 0 Å². The molecule has 0 bridgehead atoms. The predicted octanol–water partition coefficient (Wildman–Crippen LogP) is 5.50. The normalized spacial score (nSPS) is 10.1. The van der Waals surface area contributed by atoms with Crippen LogP contribution in [0.2, 0.25) is 0 Å². The Morgan fingerprint density at radius 2 is 1.00 bits per heavy atom. The van der Waals surface area contributed by atoms with Crippen LogP contribution in [0, 0.1) is 19.7 Å². The summed E-state index contributed by atoms with van der Waals surface area (Å²) in [6.45, 7) is 4.48. The zero-order valence-corrected chi connectivity index (χ0v) is 16.2. The summed E-state index contributed by atoms with van der Waals surface area (Å²) in [6.07, 6.45) is 0. The molecule has 2 aromatic carbocycles. The minimum atomic E-state index is -0.0352. The first-order chi connectivity index (χ1) is 10.1. The molecule has 0 spiro atoms. The highest BCUT2D eigenvalue weighted by molar-refractivity contribution is 14.1. The fraction of sp³-hybridized carbons (Fsp3) is 0.158. The molecule has 0 aromatic heterocycles. The topological polar surface area (TPSA) is 0 Å². The van der Waals surface area contributed by atoms with Crippen molar-refractivity contribution in [3.05, 3.63) is 70.8 Å². The van der Waals surface area contributed by atoms with E-state index in [1.807, 2.05) is 0 Å².